The topological polar surface area (TPSA) is 29.1 Å². The molecule has 0 aliphatic rings. The Morgan fingerprint density at radius 2 is 1.29 bits per heavy atom. The van der Waals surface area contributed by atoms with Crippen LogP contribution in [0.3, 0.4) is 0 Å². The number of benzene rings is 2. The molecule has 2 aromatic carbocycles. The number of aryl methyl sites for hydroxylation is 2. The first-order valence-corrected chi connectivity index (χ1v) is 7.59. The molecule has 1 N–H and O–H groups in total. The van der Waals surface area contributed by atoms with E-state index in [9.17, 15) is 4.79 Å². The summed E-state index contributed by atoms with van der Waals surface area (Å²) in [5.41, 5.74) is 2.59. The summed E-state index contributed by atoms with van der Waals surface area (Å²) >= 11 is 0. The fourth-order valence-electron chi connectivity index (χ4n) is 2.58. The maximum atomic E-state index is 12.0. The Hall–Kier alpha value is -2.09. The minimum Gasteiger partial charge on any atom is -0.359 e. The molecule has 0 saturated heterocycles. The van der Waals surface area contributed by atoms with Crippen LogP contribution in [0.4, 0.5) is 0 Å². The van der Waals surface area contributed by atoms with Crippen LogP contribution in [0.2, 0.25) is 0 Å². The zero-order chi connectivity index (χ0) is 14.9. The van der Waals surface area contributed by atoms with E-state index in [-0.39, 0.29) is 11.8 Å². The normalized spacial score (nSPS) is 10.6. The van der Waals surface area contributed by atoms with E-state index in [0.29, 0.717) is 0 Å². The number of amides is 1. The van der Waals surface area contributed by atoms with Gasteiger partial charge in [-0.2, -0.15) is 0 Å². The third-order valence-corrected chi connectivity index (χ3v) is 3.87. The molecule has 0 aliphatic carbocycles. The second-order valence-corrected chi connectivity index (χ2v) is 5.36. The highest BCUT2D eigenvalue weighted by Crippen LogP contribution is 2.17. The van der Waals surface area contributed by atoms with Crippen molar-refractivity contribution in [1.82, 2.24) is 5.32 Å². The smallest absolute Gasteiger partial charge is 0.222 e. The molecule has 0 aliphatic heterocycles. The van der Waals surface area contributed by atoms with Crippen molar-refractivity contribution in [3.8, 4) is 0 Å². The van der Waals surface area contributed by atoms with Crippen molar-refractivity contribution >= 4 is 5.91 Å². The predicted molar refractivity (Wildman–Crippen MR) is 87.1 cm³/mol. The molecule has 0 radical (unpaired) electrons. The quantitative estimate of drug-likeness (QED) is 0.825. The molecule has 1 amide bonds. The SMILES string of the molecule is CNC(=O)C(CCc1ccccc1)CCc1ccccc1. The Labute approximate surface area is 127 Å². The Bertz CT molecular complexity index is 493. The lowest BCUT2D eigenvalue weighted by Gasteiger charge is -2.15. The van der Waals surface area contributed by atoms with Crippen molar-refractivity contribution in [3.05, 3.63) is 71.8 Å². The standard InChI is InChI=1S/C19H23NO/c1-20-19(21)18(14-12-16-8-4-2-5-9-16)15-13-17-10-6-3-7-11-17/h2-11,18H,12-15H2,1H3,(H,20,21). The second kappa shape index (κ2) is 8.25. The summed E-state index contributed by atoms with van der Waals surface area (Å²) in [4.78, 5) is 12.0. The number of rotatable bonds is 7. The molecule has 0 fully saturated rings. The minimum absolute atomic E-state index is 0.0791. The largest absolute Gasteiger partial charge is 0.359 e. The van der Waals surface area contributed by atoms with Crippen LogP contribution < -0.4 is 5.32 Å². The van der Waals surface area contributed by atoms with Gasteiger partial charge in [0, 0.05) is 13.0 Å². The van der Waals surface area contributed by atoms with Crippen molar-refractivity contribution in [2.45, 2.75) is 25.7 Å². The molecule has 110 valence electrons. The molecule has 0 spiro atoms. The molecule has 2 nitrogen and oxygen atoms in total. The third kappa shape index (κ3) is 5.07. The molecule has 0 atom stereocenters. The first-order chi connectivity index (χ1) is 10.3. The molecule has 0 saturated carbocycles. The molecule has 0 heterocycles. The van der Waals surface area contributed by atoms with Crippen LogP contribution in [0.1, 0.15) is 24.0 Å². The summed E-state index contributed by atoms with van der Waals surface area (Å²) < 4.78 is 0. The molecular weight excluding hydrogens is 258 g/mol. The molecule has 0 unspecified atom stereocenters. The van der Waals surface area contributed by atoms with Gasteiger partial charge in [-0.25, -0.2) is 0 Å². The highest BCUT2D eigenvalue weighted by atomic mass is 16.1. The van der Waals surface area contributed by atoms with Gasteiger partial charge in [-0.15, -0.1) is 0 Å². The van der Waals surface area contributed by atoms with Gasteiger partial charge < -0.3 is 5.32 Å². The molecule has 21 heavy (non-hydrogen) atoms. The summed E-state index contributed by atoms with van der Waals surface area (Å²) in [6, 6.07) is 20.7. The van der Waals surface area contributed by atoms with Crippen LogP contribution in [-0.2, 0) is 17.6 Å². The van der Waals surface area contributed by atoms with Gasteiger partial charge in [-0.1, -0.05) is 60.7 Å². The lowest BCUT2D eigenvalue weighted by Crippen LogP contribution is -2.28. The van der Waals surface area contributed by atoms with Crippen molar-refractivity contribution in [2.24, 2.45) is 5.92 Å². The van der Waals surface area contributed by atoms with Crippen molar-refractivity contribution < 1.29 is 4.79 Å². The van der Waals surface area contributed by atoms with Crippen LogP contribution in [0.25, 0.3) is 0 Å². The first kappa shape index (κ1) is 15.3. The molecule has 0 aromatic heterocycles. The number of carbonyl (C=O) groups is 1. The van der Waals surface area contributed by atoms with Crippen LogP contribution in [0.15, 0.2) is 60.7 Å². The van der Waals surface area contributed by atoms with E-state index < -0.39 is 0 Å². The van der Waals surface area contributed by atoms with Gasteiger partial charge in [-0.3, -0.25) is 4.79 Å². The Morgan fingerprint density at radius 1 is 0.857 bits per heavy atom. The number of nitrogens with one attached hydrogen (secondary N) is 1. The lowest BCUT2D eigenvalue weighted by atomic mass is 9.92. The highest BCUT2D eigenvalue weighted by molar-refractivity contribution is 5.78. The molecule has 2 heteroatoms. The maximum absolute atomic E-state index is 12.0. The van der Waals surface area contributed by atoms with E-state index in [1.807, 2.05) is 36.4 Å². The Morgan fingerprint density at radius 3 is 1.67 bits per heavy atom. The van der Waals surface area contributed by atoms with Crippen LogP contribution in [0.5, 0.6) is 0 Å². The van der Waals surface area contributed by atoms with E-state index >= 15 is 0 Å². The molecule has 2 aromatic rings. The fourth-order valence-corrected chi connectivity index (χ4v) is 2.58. The third-order valence-electron chi connectivity index (χ3n) is 3.87. The van der Waals surface area contributed by atoms with E-state index in [4.69, 9.17) is 0 Å². The fraction of sp³-hybridized carbons (Fsp3) is 0.316. The van der Waals surface area contributed by atoms with Crippen LogP contribution >= 0.6 is 0 Å². The lowest BCUT2D eigenvalue weighted by molar-refractivity contribution is -0.124. The van der Waals surface area contributed by atoms with Gasteiger partial charge in [0.25, 0.3) is 0 Å². The number of carbonyl (C=O) groups excluding carboxylic acids is 1. The van der Waals surface area contributed by atoms with Crippen LogP contribution in [-0.4, -0.2) is 13.0 Å². The summed E-state index contributed by atoms with van der Waals surface area (Å²) in [6.45, 7) is 0. The number of hydrogen-bond acceptors (Lipinski definition) is 1. The van der Waals surface area contributed by atoms with Crippen molar-refractivity contribution in [2.75, 3.05) is 7.05 Å². The summed E-state index contributed by atoms with van der Waals surface area (Å²) in [5.74, 6) is 0.234. The van der Waals surface area contributed by atoms with Crippen molar-refractivity contribution in [1.29, 1.82) is 0 Å². The Kier molecular flexibility index (Phi) is 6.01. The molecule has 0 bridgehead atoms. The summed E-state index contributed by atoms with van der Waals surface area (Å²) in [6.07, 6.45) is 3.70. The highest BCUT2D eigenvalue weighted by Gasteiger charge is 2.16. The summed E-state index contributed by atoms with van der Waals surface area (Å²) in [5, 5.41) is 2.80. The van der Waals surface area contributed by atoms with Gasteiger partial charge in [0.2, 0.25) is 5.91 Å². The van der Waals surface area contributed by atoms with E-state index in [0.717, 1.165) is 25.7 Å². The number of hydrogen-bond donors (Lipinski definition) is 1. The molecule has 2 rings (SSSR count). The molecular formula is C19H23NO. The zero-order valence-electron chi connectivity index (χ0n) is 12.6. The van der Waals surface area contributed by atoms with E-state index in [1.54, 1.807) is 7.05 Å². The van der Waals surface area contributed by atoms with Gasteiger partial charge in [0.1, 0.15) is 0 Å². The second-order valence-electron chi connectivity index (χ2n) is 5.36. The average Bonchev–Trinajstić information content (AvgIpc) is 2.56. The Balaban J connectivity index is 1.90. The summed E-state index contributed by atoms with van der Waals surface area (Å²) in [7, 11) is 1.72. The van der Waals surface area contributed by atoms with Gasteiger partial charge in [-0.05, 0) is 36.8 Å². The zero-order valence-corrected chi connectivity index (χ0v) is 12.6. The predicted octanol–water partition coefficient (Wildman–Crippen LogP) is 3.61. The van der Waals surface area contributed by atoms with Crippen LogP contribution in [0, 0.1) is 5.92 Å². The van der Waals surface area contributed by atoms with Gasteiger partial charge in [0.05, 0.1) is 0 Å². The first-order valence-electron chi connectivity index (χ1n) is 7.59. The monoisotopic (exact) mass is 281 g/mol. The van der Waals surface area contributed by atoms with E-state index in [2.05, 4.69) is 29.6 Å². The van der Waals surface area contributed by atoms with Gasteiger partial charge in [0.15, 0.2) is 0 Å². The average molecular weight is 281 g/mol. The van der Waals surface area contributed by atoms with E-state index in [1.165, 1.54) is 11.1 Å². The van der Waals surface area contributed by atoms with Gasteiger partial charge >= 0.3 is 0 Å². The minimum atomic E-state index is 0.0791. The maximum Gasteiger partial charge on any atom is 0.222 e. The van der Waals surface area contributed by atoms with Crippen molar-refractivity contribution in [3.63, 3.8) is 0 Å².